The van der Waals surface area contributed by atoms with E-state index in [4.69, 9.17) is 14.2 Å². The first-order valence-electron chi connectivity index (χ1n) is 13.7. The zero-order valence-electron chi connectivity index (χ0n) is 23.4. The minimum absolute atomic E-state index is 0.0336. The third kappa shape index (κ3) is 5.81. The second-order valence-corrected chi connectivity index (χ2v) is 10.6. The third-order valence-corrected chi connectivity index (χ3v) is 7.44. The summed E-state index contributed by atoms with van der Waals surface area (Å²) >= 11 is 0. The maximum atomic E-state index is 13.8. The van der Waals surface area contributed by atoms with E-state index in [0.717, 1.165) is 33.9 Å². The number of hydrogen-bond acceptors (Lipinski definition) is 6. The molecule has 0 spiro atoms. The molecule has 5 rings (SSSR count). The van der Waals surface area contributed by atoms with Crippen molar-refractivity contribution >= 4 is 11.8 Å². The van der Waals surface area contributed by atoms with Crippen molar-refractivity contribution in [3.63, 3.8) is 0 Å². The van der Waals surface area contributed by atoms with Gasteiger partial charge in [0.25, 0.3) is 0 Å². The maximum Gasteiger partial charge on any atom is 0.337 e. The fourth-order valence-electron chi connectivity index (χ4n) is 5.53. The molecule has 0 unspecified atom stereocenters. The number of dihydropyridines is 1. The second kappa shape index (κ2) is 11.8. The highest BCUT2D eigenvalue weighted by atomic mass is 16.5. The van der Waals surface area contributed by atoms with Crippen LogP contribution in [0, 0.1) is 0 Å². The molecule has 0 radical (unpaired) electrons. The lowest BCUT2D eigenvalue weighted by molar-refractivity contribution is -0.143. The molecule has 0 saturated carbocycles. The number of esters is 1. The molecule has 6 nitrogen and oxygen atoms in total. The molecule has 206 valence electrons. The Kier molecular flexibility index (Phi) is 8.06. The van der Waals surface area contributed by atoms with E-state index in [1.165, 1.54) is 0 Å². The summed E-state index contributed by atoms with van der Waals surface area (Å²) in [5, 5.41) is 3.41. The number of benzene rings is 3. The van der Waals surface area contributed by atoms with Gasteiger partial charge in [-0.15, -0.1) is 0 Å². The van der Waals surface area contributed by atoms with E-state index >= 15 is 0 Å². The van der Waals surface area contributed by atoms with Gasteiger partial charge in [-0.05, 0) is 74.1 Å². The highest BCUT2D eigenvalue weighted by Crippen LogP contribution is 2.46. The number of ketones is 1. The zero-order chi connectivity index (χ0) is 28.2. The van der Waals surface area contributed by atoms with Crippen molar-refractivity contribution in [1.29, 1.82) is 0 Å². The molecule has 0 bridgehead atoms. The number of Topliss-reactive ketones (excluding diaryl/α,β-unsaturated/α-hetero) is 1. The largest absolute Gasteiger partial charge is 0.497 e. The number of carbonyl (C=O) groups is 2. The van der Waals surface area contributed by atoms with E-state index < -0.39 is 11.9 Å². The summed E-state index contributed by atoms with van der Waals surface area (Å²) in [6, 6.07) is 25.5. The first-order chi connectivity index (χ1) is 19.3. The molecule has 40 heavy (non-hydrogen) atoms. The van der Waals surface area contributed by atoms with Crippen molar-refractivity contribution in [1.82, 2.24) is 5.32 Å². The quantitative estimate of drug-likeness (QED) is 0.327. The maximum absolute atomic E-state index is 13.8. The van der Waals surface area contributed by atoms with Gasteiger partial charge in [-0.3, -0.25) is 4.79 Å². The van der Waals surface area contributed by atoms with Gasteiger partial charge in [0, 0.05) is 29.3 Å². The van der Waals surface area contributed by atoms with Gasteiger partial charge in [-0.25, -0.2) is 4.79 Å². The van der Waals surface area contributed by atoms with E-state index in [1.807, 2.05) is 99.6 Å². The Morgan fingerprint density at radius 2 is 1.55 bits per heavy atom. The van der Waals surface area contributed by atoms with Gasteiger partial charge < -0.3 is 19.5 Å². The molecule has 1 heterocycles. The number of allylic oxidation sites excluding steroid dienone is 3. The van der Waals surface area contributed by atoms with Crippen LogP contribution in [-0.2, 0) is 20.9 Å². The Morgan fingerprint density at radius 1 is 0.900 bits per heavy atom. The summed E-state index contributed by atoms with van der Waals surface area (Å²) in [4.78, 5) is 27.2. The lowest BCUT2D eigenvalue weighted by Crippen LogP contribution is -2.36. The molecular formula is C34H35NO5. The lowest BCUT2D eigenvalue weighted by atomic mass is 9.71. The van der Waals surface area contributed by atoms with E-state index in [-0.39, 0.29) is 17.8 Å². The molecule has 2 aliphatic rings. The van der Waals surface area contributed by atoms with Gasteiger partial charge in [-0.1, -0.05) is 54.6 Å². The van der Waals surface area contributed by atoms with Crippen LogP contribution in [0.1, 0.15) is 62.1 Å². The van der Waals surface area contributed by atoms with Gasteiger partial charge in [-0.2, -0.15) is 0 Å². The predicted octanol–water partition coefficient (Wildman–Crippen LogP) is 6.59. The molecular weight excluding hydrogens is 502 g/mol. The van der Waals surface area contributed by atoms with Gasteiger partial charge in [0.05, 0.1) is 18.8 Å². The summed E-state index contributed by atoms with van der Waals surface area (Å²) in [7, 11) is 1.64. The van der Waals surface area contributed by atoms with Crippen LogP contribution in [0.4, 0.5) is 0 Å². The van der Waals surface area contributed by atoms with Crippen LogP contribution in [-0.4, -0.2) is 25.0 Å². The highest BCUT2D eigenvalue weighted by molar-refractivity contribution is 6.04. The number of rotatable bonds is 8. The normalized spacial score (nSPS) is 18.8. The molecule has 1 N–H and O–H groups in total. The molecule has 1 aliphatic carbocycles. The van der Waals surface area contributed by atoms with Gasteiger partial charge in [0.1, 0.15) is 18.1 Å². The third-order valence-electron chi connectivity index (χ3n) is 7.44. The standard InChI is InChI=1S/C34H35NO5/c1-21(2)40-34(37)31-22(3)35-29-18-26(24-10-14-27(38-4)15-11-24)19-30(36)33(29)32(31)25-12-16-28(17-13-25)39-20-23-8-6-5-7-9-23/h5-17,21,26,32,35H,18-20H2,1-4H3/t26-,32-/m0/s1. The number of ether oxygens (including phenoxy) is 3. The molecule has 0 amide bonds. The minimum Gasteiger partial charge on any atom is -0.497 e. The van der Waals surface area contributed by atoms with Crippen LogP contribution in [0.15, 0.2) is 101 Å². The summed E-state index contributed by atoms with van der Waals surface area (Å²) < 4.78 is 16.9. The first-order valence-corrected chi connectivity index (χ1v) is 13.7. The Morgan fingerprint density at radius 3 is 2.20 bits per heavy atom. The molecule has 2 atom stereocenters. The second-order valence-electron chi connectivity index (χ2n) is 10.6. The van der Waals surface area contributed by atoms with Crippen LogP contribution >= 0.6 is 0 Å². The fourth-order valence-corrected chi connectivity index (χ4v) is 5.53. The summed E-state index contributed by atoms with van der Waals surface area (Å²) in [6.07, 6.45) is 0.762. The van der Waals surface area contributed by atoms with Crippen molar-refractivity contribution < 1.29 is 23.8 Å². The van der Waals surface area contributed by atoms with Crippen LogP contribution in [0.3, 0.4) is 0 Å². The van der Waals surface area contributed by atoms with Crippen molar-refractivity contribution in [2.45, 2.75) is 58.2 Å². The van der Waals surface area contributed by atoms with E-state index in [0.29, 0.717) is 36.3 Å². The van der Waals surface area contributed by atoms with Crippen molar-refractivity contribution in [3.8, 4) is 11.5 Å². The molecule has 6 heteroatoms. The average molecular weight is 538 g/mol. The Bertz CT molecular complexity index is 1440. The predicted molar refractivity (Wildman–Crippen MR) is 154 cm³/mol. The van der Waals surface area contributed by atoms with Gasteiger partial charge in [0.15, 0.2) is 5.78 Å². The molecule has 0 aromatic heterocycles. The lowest BCUT2D eigenvalue weighted by Gasteiger charge is -2.37. The Labute approximate surface area is 235 Å². The molecule has 1 aliphatic heterocycles. The zero-order valence-corrected chi connectivity index (χ0v) is 23.4. The first kappa shape index (κ1) is 27.3. The Balaban J connectivity index is 1.47. The number of nitrogens with one attached hydrogen (secondary N) is 1. The fraction of sp³-hybridized carbons (Fsp3) is 0.294. The summed E-state index contributed by atoms with van der Waals surface area (Å²) in [6.45, 7) is 5.99. The van der Waals surface area contributed by atoms with Crippen molar-refractivity contribution in [2.24, 2.45) is 0 Å². The van der Waals surface area contributed by atoms with Crippen LogP contribution in [0.2, 0.25) is 0 Å². The number of carbonyl (C=O) groups excluding carboxylic acids is 2. The van der Waals surface area contributed by atoms with E-state index in [2.05, 4.69) is 5.32 Å². The molecule has 0 saturated heterocycles. The number of methoxy groups -OCH3 is 1. The van der Waals surface area contributed by atoms with Crippen LogP contribution in [0.5, 0.6) is 11.5 Å². The molecule has 0 fully saturated rings. The van der Waals surface area contributed by atoms with Gasteiger partial charge >= 0.3 is 5.97 Å². The summed E-state index contributed by atoms with van der Waals surface area (Å²) in [5.74, 6) is 0.644. The highest BCUT2D eigenvalue weighted by Gasteiger charge is 2.41. The van der Waals surface area contributed by atoms with Crippen LogP contribution < -0.4 is 14.8 Å². The Hall–Kier alpha value is -4.32. The number of hydrogen-bond donors (Lipinski definition) is 1. The van der Waals surface area contributed by atoms with E-state index in [9.17, 15) is 9.59 Å². The summed E-state index contributed by atoms with van der Waals surface area (Å²) in [5.41, 5.74) is 5.71. The minimum atomic E-state index is -0.519. The average Bonchev–Trinajstić information content (AvgIpc) is 2.95. The van der Waals surface area contributed by atoms with Gasteiger partial charge in [0.2, 0.25) is 0 Å². The molecule has 3 aromatic rings. The van der Waals surface area contributed by atoms with Crippen molar-refractivity contribution in [2.75, 3.05) is 7.11 Å². The smallest absolute Gasteiger partial charge is 0.337 e. The monoisotopic (exact) mass is 537 g/mol. The SMILES string of the molecule is COc1ccc([C@@H]2CC(=O)C3=C(C2)NC(C)=C(C(=O)OC(C)C)[C@@H]3c2ccc(OCc3ccccc3)cc2)cc1. The van der Waals surface area contributed by atoms with E-state index in [1.54, 1.807) is 7.11 Å². The van der Waals surface area contributed by atoms with Crippen LogP contribution in [0.25, 0.3) is 0 Å². The topological polar surface area (TPSA) is 73.9 Å². The van der Waals surface area contributed by atoms with Crippen molar-refractivity contribution in [3.05, 3.63) is 118 Å². The molecule has 3 aromatic carbocycles.